The van der Waals surface area contributed by atoms with E-state index in [1.54, 1.807) is 0 Å². The van der Waals surface area contributed by atoms with E-state index in [-0.39, 0.29) is 0 Å². The molecule has 3 heteroatoms. The molecule has 18 heavy (non-hydrogen) atoms. The van der Waals surface area contributed by atoms with Crippen LogP contribution in [0.5, 0.6) is 0 Å². The predicted octanol–water partition coefficient (Wildman–Crippen LogP) is 3.75. The van der Waals surface area contributed by atoms with Crippen LogP contribution in [0.15, 0.2) is 53.3 Å². The van der Waals surface area contributed by atoms with Crippen LogP contribution in [0.3, 0.4) is 0 Å². The van der Waals surface area contributed by atoms with E-state index in [9.17, 15) is 0 Å². The van der Waals surface area contributed by atoms with Gasteiger partial charge in [-0.1, -0.05) is 31.2 Å². The van der Waals surface area contributed by atoms with Gasteiger partial charge in [0.15, 0.2) is 5.69 Å². The van der Waals surface area contributed by atoms with Gasteiger partial charge in [-0.25, -0.2) is 9.38 Å². The second kappa shape index (κ2) is 4.58. The van der Waals surface area contributed by atoms with Crippen LogP contribution in [0, 0.1) is 0 Å². The Hall–Kier alpha value is -1.61. The topological polar surface area (TPSA) is 19.9 Å². The molecular weight excluding hydrogens is 288 g/mol. The highest BCUT2D eigenvalue weighted by Crippen LogP contribution is 2.18. The normalized spacial score (nSPS) is 11.0. The number of H-pyrrole nitrogens is 1. The molecule has 3 rings (SSSR count). The summed E-state index contributed by atoms with van der Waals surface area (Å²) in [5, 5.41) is 0. The Balaban J connectivity index is 2.07. The second-order valence-electron chi connectivity index (χ2n) is 4.36. The third kappa shape index (κ3) is 2.06. The van der Waals surface area contributed by atoms with Crippen LogP contribution in [0.25, 0.3) is 16.9 Å². The number of aryl methyl sites for hydroxylation is 1. The zero-order valence-corrected chi connectivity index (χ0v) is 11.7. The first-order valence-electron chi connectivity index (χ1n) is 6.05. The van der Waals surface area contributed by atoms with Crippen molar-refractivity contribution in [3.63, 3.8) is 0 Å². The van der Waals surface area contributed by atoms with Crippen LogP contribution in [0.2, 0.25) is 0 Å². The van der Waals surface area contributed by atoms with Crippen LogP contribution < -0.4 is 4.40 Å². The lowest BCUT2D eigenvalue weighted by atomic mass is 10.1. The summed E-state index contributed by atoms with van der Waals surface area (Å²) in [5.41, 5.74) is 4.81. The molecule has 0 bridgehead atoms. The number of rotatable bonds is 2. The van der Waals surface area contributed by atoms with Crippen LogP contribution in [0.4, 0.5) is 0 Å². The summed E-state index contributed by atoms with van der Waals surface area (Å²) in [5.74, 6) is 0. The van der Waals surface area contributed by atoms with E-state index in [0.717, 1.165) is 22.2 Å². The molecule has 2 aromatic heterocycles. The standard InChI is InChI=1S/C15H13BrN2/c1-2-11-3-5-12(6-4-11)14-10-18-9-13(16)7-8-15(18)17-14/h3-10H,2H2,1H3/p+1. The second-order valence-corrected chi connectivity index (χ2v) is 5.27. The molecule has 0 saturated carbocycles. The number of aromatic nitrogens is 2. The van der Waals surface area contributed by atoms with Gasteiger partial charge in [0, 0.05) is 11.6 Å². The lowest BCUT2D eigenvalue weighted by molar-refractivity contribution is -0.510. The van der Waals surface area contributed by atoms with Gasteiger partial charge in [-0.15, -0.1) is 0 Å². The SMILES string of the molecule is CCc1ccc(-c2c[n+]3cc(Br)ccc3[nH]2)cc1. The minimum absolute atomic E-state index is 1.08. The fourth-order valence-corrected chi connectivity index (χ4v) is 2.43. The molecular formula is C15H14BrN2+. The lowest BCUT2D eigenvalue weighted by Crippen LogP contribution is -2.16. The zero-order chi connectivity index (χ0) is 12.5. The maximum Gasteiger partial charge on any atom is 0.284 e. The van der Waals surface area contributed by atoms with Gasteiger partial charge >= 0.3 is 0 Å². The molecule has 0 radical (unpaired) electrons. The smallest absolute Gasteiger partial charge is 0.237 e. The maximum absolute atomic E-state index is 3.48. The average molecular weight is 302 g/mol. The van der Waals surface area contributed by atoms with Crippen molar-refractivity contribution < 1.29 is 4.40 Å². The van der Waals surface area contributed by atoms with Gasteiger partial charge in [0.1, 0.15) is 12.4 Å². The number of fused-ring (bicyclic) bond motifs is 1. The molecule has 90 valence electrons. The molecule has 0 spiro atoms. The van der Waals surface area contributed by atoms with Crippen molar-refractivity contribution in [1.29, 1.82) is 0 Å². The summed E-state index contributed by atoms with van der Waals surface area (Å²) < 4.78 is 3.17. The van der Waals surface area contributed by atoms with Crippen molar-refractivity contribution in [1.82, 2.24) is 4.98 Å². The number of halogens is 1. The van der Waals surface area contributed by atoms with Crippen molar-refractivity contribution in [2.45, 2.75) is 13.3 Å². The summed E-state index contributed by atoms with van der Waals surface area (Å²) in [4.78, 5) is 3.42. The van der Waals surface area contributed by atoms with Crippen LogP contribution in [0.1, 0.15) is 12.5 Å². The lowest BCUT2D eigenvalue weighted by Gasteiger charge is -1.96. The molecule has 0 aliphatic carbocycles. The largest absolute Gasteiger partial charge is 0.284 e. The molecule has 1 aromatic carbocycles. The summed E-state index contributed by atoms with van der Waals surface area (Å²) >= 11 is 3.48. The molecule has 0 amide bonds. The third-order valence-electron chi connectivity index (χ3n) is 3.15. The van der Waals surface area contributed by atoms with E-state index in [1.165, 1.54) is 11.1 Å². The molecule has 3 aromatic rings. The summed E-state index contributed by atoms with van der Waals surface area (Å²) in [6.07, 6.45) is 5.24. The minimum atomic E-state index is 1.08. The number of benzene rings is 1. The summed E-state index contributed by atoms with van der Waals surface area (Å²) in [6, 6.07) is 12.8. The Kier molecular flexibility index (Phi) is 2.92. The molecule has 0 unspecified atom stereocenters. The Labute approximate surface area is 114 Å². The minimum Gasteiger partial charge on any atom is -0.237 e. The van der Waals surface area contributed by atoms with Crippen LogP contribution >= 0.6 is 15.9 Å². The number of nitrogens with one attached hydrogen (secondary N) is 1. The molecule has 0 aliphatic rings. The Bertz CT molecular complexity index is 683. The summed E-state index contributed by atoms with van der Waals surface area (Å²) in [7, 11) is 0. The van der Waals surface area contributed by atoms with E-state index in [4.69, 9.17) is 0 Å². The number of pyridine rings is 1. The maximum atomic E-state index is 3.48. The fraction of sp³-hybridized carbons (Fsp3) is 0.133. The van der Waals surface area contributed by atoms with Crippen LogP contribution in [-0.4, -0.2) is 4.98 Å². The first-order valence-corrected chi connectivity index (χ1v) is 6.84. The van der Waals surface area contributed by atoms with Gasteiger partial charge in [-0.3, -0.25) is 0 Å². The molecule has 1 N–H and O–H groups in total. The number of aromatic amines is 1. The van der Waals surface area contributed by atoms with E-state index >= 15 is 0 Å². The van der Waals surface area contributed by atoms with Crippen molar-refractivity contribution in [3.8, 4) is 11.3 Å². The zero-order valence-electron chi connectivity index (χ0n) is 10.2. The first-order chi connectivity index (χ1) is 8.76. The molecule has 0 fully saturated rings. The highest BCUT2D eigenvalue weighted by molar-refractivity contribution is 9.10. The fourth-order valence-electron chi connectivity index (χ4n) is 2.08. The van der Waals surface area contributed by atoms with Crippen molar-refractivity contribution in [2.24, 2.45) is 0 Å². The number of hydrogen-bond acceptors (Lipinski definition) is 0. The Morgan fingerprint density at radius 1 is 1.06 bits per heavy atom. The number of imidazole rings is 1. The van der Waals surface area contributed by atoms with E-state index in [1.807, 2.05) is 6.07 Å². The van der Waals surface area contributed by atoms with Crippen molar-refractivity contribution >= 4 is 21.6 Å². The highest BCUT2D eigenvalue weighted by atomic mass is 79.9. The van der Waals surface area contributed by atoms with Crippen molar-refractivity contribution in [2.75, 3.05) is 0 Å². The van der Waals surface area contributed by atoms with Gasteiger partial charge in [0.2, 0.25) is 0 Å². The van der Waals surface area contributed by atoms with Gasteiger partial charge in [0.05, 0.1) is 4.47 Å². The molecule has 0 saturated heterocycles. The van der Waals surface area contributed by atoms with Gasteiger partial charge in [-0.2, -0.15) is 0 Å². The third-order valence-corrected chi connectivity index (χ3v) is 3.61. The molecule has 0 atom stereocenters. The molecule has 2 heterocycles. The first kappa shape index (κ1) is 11.5. The van der Waals surface area contributed by atoms with E-state index in [0.29, 0.717) is 0 Å². The van der Waals surface area contributed by atoms with Crippen molar-refractivity contribution in [3.05, 3.63) is 58.8 Å². The number of nitrogens with zero attached hydrogens (tertiary/aromatic N) is 1. The molecule has 0 aliphatic heterocycles. The summed E-state index contributed by atoms with van der Waals surface area (Å²) in [6.45, 7) is 2.17. The average Bonchev–Trinajstić information content (AvgIpc) is 2.81. The van der Waals surface area contributed by atoms with Gasteiger partial charge in [-0.05, 0) is 34.0 Å². The van der Waals surface area contributed by atoms with E-state index < -0.39 is 0 Å². The van der Waals surface area contributed by atoms with Gasteiger partial charge < -0.3 is 0 Å². The monoisotopic (exact) mass is 301 g/mol. The quantitative estimate of drug-likeness (QED) is 0.696. The van der Waals surface area contributed by atoms with Crippen LogP contribution in [-0.2, 0) is 6.42 Å². The Morgan fingerprint density at radius 3 is 2.56 bits per heavy atom. The highest BCUT2D eigenvalue weighted by Gasteiger charge is 2.10. The van der Waals surface area contributed by atoms with Gasteiger partial charge in [0.25, 0.3) is 5.65 Å². The number of hydrogen-bond donors (Lipinski definition) is 1. The predicted molar refractivity (Wildman–Crippen MR) is 76.5 cm³/mol. The molecule has 2 nitrogen and oxygen atoms in total. The van der Waals surface area contributed by atoms with E-state index in [2.05, 4.69) is 75.0 Å². The Morgan fingerprint density at radius 2 is 1.83 bits per heavy atom.